The van der Waals surface area contributed by atoms with Crippen LogP contribution in [-0.2, 0) is 4.79 Å². The maximum absolute atomic E-state index is 11.8. The molecule has 1 aliphatic carbocycles. The number of ether oxygens (including phenoxy) is 1. The first-order chi connectivity index (χ1) is 9.07. The normalized spacial score (nSPS) is 17.1. The Kier molecular flexibility index (Phi) is 4.30. The number of rotatable bonds is 5. The van der Waals surface area contributed by atoms with E-state index in [1.54, 1.807) is 12.1 Å². The topological polar surface area (TPSA) is 64.3 Å². The smallest absolute Gasteiger partial charge is 0.223 e. The molecule has 0 unspecified atom stereocenters. The molecule has 0 radical (unpaired) electrons. The Morgan fingerprint density at radius 2 is 2.16 bits per heavy atom. The predicted molar refractivity (Wildman–Crippen MR) is 76.0 cm³/mol. The molecule has 3 N–H and O–H groups in total. The van der Waals surface area contributed by atoms with Gasteiger partial charge in [-0.25, -0.2) is 0 Å². The number of anilines is 1. The molecule has 1 saturated carbocycles. The van der Waals surface area contributed by atoms with Crippen LogP contribution in [0.15, 0.2) is 24.3 Å². The average Bonchev–Trinajstić information content (AvgIpc) is 2.75. The lowest BCUT2D eigenvalue weighted by molar-refractivity contribution is -0.123. The minimum Gasteiger partial charge on any atom is -0.493 e. The van der Waals surface area contributed by atoms with Gasteiger partial charge < -0.3 is 15.8 Å². The number of nitrogens with two attached hydrogens (primary N) is 1. The SMILES string of the molecule is CC1(NC(=O)CCOc2cccc(N)c2)CCCC1. The van der Waals surface area contributed by atoms with E-state index < -0.39 is 0 Å². The molecule has 0 aliphatic heterocycles. The number of hydrogen-bond acceptors (Lipinski definition) is 3. The van der Waals surface area contributed by atoms with E-state index in [2.05, 4.69) is 12.2 Å². The molecule has 0 aromatic heterocycles. The van der Waals surface area contributed by atoms with Gasteiger partial charge in [-0.05, 0) is 31.9 Å². The average molecular weight is 262 g/mol. The second kappa shape index (κ2) is 5.95. The molecule has 1 aromatic carbocycles. The van der Waals surface area contributed by atoms with Crippen LogP contribution in [0.25, 0.3) is 0 Å². The molecule has 1 aliphatic rings. The molecule has 0 spiro atoms. The number of carbonyl (C=O) groups is 1. The summed E-state index contributed by atoms with van der Waals surface area (Å²) in [5.74, 6) is 0.771. The highest BCUT2D eigenvalue weighted by molar-refractivity contribution is 5.76. The third kappa shape index (κ3) is 4.16. The van der Waals surface area contributed by atoms with E-state index >= 15 is 0 Å². The van der Waals surface area contributed by atoms with E-state index in [4.69, 9.17) is 10.5 Å². The van der Waals surface area contributed by atoms with Gasteiger partial charge in [0.2, 0.25) is 5.91 Å². The minimum absolute atomic E-state index is 0.00570. The Bertz CT molecular complexity index is 440. The molecule has 0 saturated heterocycles. The van der Waals surface area contributed by atoms with Crippen molar-refractivity contribution in [1.82, 2.24) is 5.32 Å². The Labute approximate surface area is 114 Å². The zero-order valence-electron chi connectivity index (χ0n) is 11.4. The summed E-state index contributed by atoms with van der Waals surface area (Å²) in [5, 5.41) is 3.11. The Morgan fingerprint density at radius 1 is 1.42 bits per heavy atom. The standard InChI is InChI=1S/C15H22N2O2/c1-15(8-2-3-9-15)17-14(18)7-10-19-13-6-4-5-12(16)11-13/h4-6,11H,2-3,7-10,16H2,1H3,(H,17,18). The van der Waals surface area contributed by atoms with Crippen LogP contribution < -0.4 is 15.8 Å². The molecule has 1 amide bonds. The quantitative estimate of drug-likeness (QED) is 0.801. The number of hydrogen-bond donors (Lipinski definition) is 2. The van der Waals surface area contributed by atoms with Crippen molar-refractivity contribution in [3.8, 4) is 5.75 Å². The van der Waals surface area contributed by atoms with Crippen molar-refractivity contribution in [3.05, 3.63) is 24.3 Å². The van der Waals surface area contributed by atoms with E-state index in [9.17, 15) is 4.79 Å². The second-order valence-corrected chi connectivity index (χ2v) is 5.49. The summed E-state index contributed by atoms with van der Waals surface area (Å²) in [6, 6.07) is 7.24. The fourth-order valence-electron chi connectivity index (χ4n) is 2.55. The van der Waals surface area contributed by atoms with Crippen LogP contribution in [0.3, 0.4) is 0 Å². The van der Waals surface area contributed by atoms with Crippen LogP contribution in [0.2, 0.25) is 0 Å². The fourth-order valence-corrected chi connectivity index (χ4v) is 2.55. The summed E-state index contributed by atoms with van der Waals surface area (Å²) < 4.78 is 5.51. The largest absolute Gasteiger partial charge is 0.493 e. The van der Waals surface area contributed by atoms with Crippen molar-refractivity contribution >= 4 is 11.6 Å². The molecule has 4 heteroatoms. The number of amides is 1. The monoisotopic (exact) mass is 262 g/mol. The van der Waals surface area contributed by atoms with Crippen LogP contribution in [0, 0.1) is 0 Å². The number of carbonyl (C=O) groups excluding carboxylic acids is 1. The fraction of sp³-hybridized carbons (Fsp3) is 0.533. The molecule has 1 aromatic rings. The molecule has 104 valence electrons. The van der Waals surface area contributed by atoms with E-state index in [1.165, 1.54) is 12.8 Å². The minimum atomic E-state index is -0.00570. The van der Waals surface area contributed by atoms with Crippen molar-refractivity contribution in [3.63, 3.8) is 0 Å². The Morgan fingerprint density at radius 3 is 2.84 bits per heavy atom. The molecular weight excluding hydrogens is 240 g/mol. The molecule has 19 heavy (non-hydrogen) atoms. The first-order valence-electron chi connectivity index (χ1n) is 6.87. The highest BCUT2D eigenvalue weighted by atomic mass is 16.5. The van der Waals surface area contributed by atoms with E-state index in [0.717, 1.165) is 12.8 Å². The first kappa shape index (κ1) is 13.7. The van der Waals surface area contributed by atoms with E-state index in [0.29, 0.717) is 24.5 Å². The number of benzene rings is 1. The maximum atomic E-state index is 11.8. The van der Waals surface area contributed by atoms with E-state index in [-0.39, 0.29) is 11.4 Å². The highest BCUT2D eigenvalue weighted by Gasteiger charge is 2.29. The Balaban J connectivity index is 1.72. The molecule has 0 bridgehead atoms. The lowest BCUT2D eigenvalue weighted by Gasteiger charge is -2.25. The molecule has 0 atom stereocenters. The summed E-state index contributed by atoms with van der Waals surface area (Å²) in [4.78, 5) is 11.8. The lowest BCUT2D eigenvalue weighted by Crippen LogP contribution is -2.43. The van der Waals surface area contributed by atoms with Crippen molar-refractivity contribution in [1.29, 1.82) is 0 Å². The van der Waals surface area contributed by atoms with Crippen LogP contribution in [-0.4, -0.2) is 18.1 Å². The number of nitrogen functional groups attached to an aromatic ring is 1. The van der Waals surface area contributed by atoms with Crippen LogP contribution >= 0.6 is 0 Å². The summed E-state index contributed by atoms with van der Waals surface area (Å²) in [5.41, 5.74) is 6.32. The zero-order valence-corrected chi connectivity index (χ0v) is 11.4. The van der Waals surface area contributed by atoms with Gasteiger partial charge in [-0.15, -0.1) is 0 Å². The van der Waals surface area contributed by atoms with Gasteiger partial charge in [-0.1, -0.05) is 18.9 Å². The van der Waals surface area contributed by atoms with Crippen LogP contribution in [0.1, 0.15) is 39.0 Å². The number of nitrogens with one attached hydrogen (secondary N) is 1. The molecular formula is C15H22N2O2. The van der Waals surface area contributed by atoms with Crippen molar-refractivity contribution in [2.24, 2.45) is 0 Å². The van der Waals surface area contributed by atoms with Gasteiger partial charge in [-0.3, -0.25) is 4.79 Å². The molecule has 4 nitrogen and oxygen atoms in total. The van der Waals surface area contributed by atoms with Gasteiger partial charge in [0.25, 0.3) is 0 Å². The first-order valence-corrected chi connectivity index (χ1v) is 6.87. The van der Waals surface area contributed by atoms with Crippen molar-refractivity contribution in [2.75, 3.05) is 12.3 Å². The lowest BCUT2D eigenvalue weighted by atomic mass is 10.0. The molecule has 0 heterocycles. The zero-order chi connectivity index (χ0) is 13.7. The second-order valence-electron chi connectivity index (χ2n) is 5.49. The highest BCUT2D eigenvalue weighted by Crippen LogP contribution is 2.28. The van der Waals surface area contributed by atoms with Crippen molar-refractivity contribution < 1.29 is 9.53 Å². The maximum Gasteiger partial charge on any atom is 0.223 e. The van der Waals surface area contributed by atoms with Crippen LogP contribution in [0.4, 0.5) is 5.69 Å². The summed E-state index contributed by atoms with van der Waals surface area (Å²) >= 11 is 0. The third-order valence-electron chi connectivity index (χ3n) is 3.60. The van der Waals surface area contributed by atoms with Gasteiger partial charge in [0.1, 0.15) is 5.75 Å². The van der Waals surface area contributed by atoms with Gasteiger partial charge in [0.05, 0.1) is 13.0 Å². The molecule has 2 rings (SSSR count). The summed E-state index contributed by atoms with van der Waals surface area (Å²) in [6.07, 6.45) is 4.95. The third-order valence-corrected chi connectivity index (χ3v) is 3.60. The van der Waals surface area contributed by atoms with Crippen LogP contribution in [0.5, 0.6) is 5.75 Å². The van der Waals surface area contributed by atoms with E-state index in [1.807, 2.05) is 12.1 Å². The predicted octanol–water partition coefficient (Wildman–Crippen LogP) is 2.49. The summed E-state index contributed by atoms with van der Waals surface area (Å²) in [7, 11) is 0. The van der Waals surface area contributed by atoms with Gasteiger partial charge >= 0.3 is 0 Å². The van der Waals surface area contributed by atoms with Crippen molar-refractivity contribution in [2.45, 2.75) is 44.6 Å². The Hall–Kier alpha value is -1.71. The van der Waals surface area contributed by atoms with Gasteiger partial charge in [0.15, 0.2) is 0 Å². The van der Waals surface area contributed by atoms with Gasteiger partial charge in [0, 0.05) is 17.3 Å². The summed E-state index contributed by atoms with van der Waals surface area (Å²) in [6.45, 7) is 2.50. The van der Waals surface area contributed by atoms with Gasteiger partial charge in [-0.2, -0.15) is 0 Å². The molecule has 1 fully saturated rings.